The lowest BCUT2D eigenvalue weighted by Crippen LogP contribution is -2.05. The van der Waals surface area contributed by atoms with E-state index in [-0.39, 0.29) is 34.3 Å². The fourth-order valence-electron chi connectivity index (χ4n) is 6.28. The van der Waals surface area contributed by atoms with Crippen molar-refractivity contribution < 1.29 is 28.8 Å². The summed E-state index contributed by atoms with van der Waals surface area (Å²) >= 11 is 0. The van der Waals surface area contributed by atoms with Crippen molar-refractivity contribution in [1.29, 1.82) is 0 Å². The van der Waals surface area contributed by atoms with Crippen molar-refractivity contribution in [3.8, 4) is 73.2 Å². The number of para-hydroxylation sites is 2. The molecule has 4 heteroatoms. The van der Waals surface area contributed by atoms with Gasteiger partial charge < -0.3 is 4.57 Å². The summed E-state index contributed by atoms with van der Waals surface area (Å²) in [7, 11) is 0. The second-order valence-corrected chi connectivity index (χ2v) is 12.0. The summed E-state index contributed by atoms with van der Waals surface area (Å²) in [4.78, 5) is 14.6. The van der Waals surface area contributed by atoms with Crippen molar-refractivity contribution in [2.75, 3.05) is 0 Å². The number of benzene rings is 8. The van der Waals surface area contributed by atoms with Crippen molar-refractivity contribution in [1.82, 2.24) is 19.5 Å². The van der Waals surface area contributed by atoms with Crippen LogP contribution in [0.5, 0.6) is 0 Å². The summed E-state index contributed by atoms with van der Waals surface area (Å²) in [5.74, 6) is 0.109. The molecule has 0 aliphatic rings. The van der Waals surface area contributed by atoms with E-state index in [1.807, 2.05) is 0 Å². The number of hydrogen-bond donors (Lipinski definition) is 0. The van der Waals surface area contributed by atoms with E-state index in [4.69, 9.17) is 31.4 Å². The highest BCUT2D eigenvalue weighted by atomic mass is 15.1. The number of rotatable bonds is 7. The molecule has 0 spiro atoms. The van der Waals surface area contributed by atoms with Crippen molar-refractivity contribution in [2.24, 2.45) is 0 Å². The van der Waals surface area contributed by atoms with Gasteiger partial charge in [0.2, 0.25) is 0 Å². The summed E-state index contributed by atoms with van der Waals surface area (Å²) in [5, 5.41) is -0.859. The average molecular weight is 724 g/mol. The minimum Gasteiger partial charge on any atom is -0.308 e. The van der Waals surface area contributed by atoms with Gasteiger partial charge in [-0.2, -0.15) is 0 Å². The molecule has 0 atom stereocenters. The summed E-state index contributed by atoms with van der Waals surface area (Å²) in [5.41, 5.74) is -3.48. The Balaban J connectivity index is 1.44. The van der Waals surface area contributed by atoms with E-state index < -0.39 is 177 Å². The van der Waals surface area contributed by atoms with Crippen LogP contribution in [-0.4, -0.2) is 19.5 Å². The third-order valence-electron chi connectivity index (χ3n) is 8.75. The zero-order valence-electron chi connectivity index (χ0n) is 49.3. The second kappa shape index (κ2) is 13.8. The van der Waals surface area contributed by atoms with E-state index in [1.165, 1.54) is 18.2 Å². The molecule has 2 aromatic heterocycles. The van der Waals surface area contributed by atoms with Crippen LogP contribution in [0.2, 0.25) is 0 Å². The van der Waals surface area contributed by atoms with Crippen molar-refractivity contribution in [3.63, 3.8) is 0 Å². The first-order valence-corrected chi connectivity index (χ1v) is 16.8. The molecule has 0 aliphatic heterocycles. The summed E-state index contributed by atoms with van der Waals surface area (Å²) in [6.07, 6.45) is 0. The van der Waals surface area contributed by atoms with Crippen molar-refractivity contribution >= 4 is 21.8 Å². The lowest BCUT2D eigenvalue weighted by Gasteiger charge is -2.19. The van der Waals surface area contributed by atoms with E-state index in [1.54, 1.807) is 60.7 Å². The Hall–Kier alpha value is -7.43. The predicted molar refractivity (Wildman–Crippen MR) is 227 cm³/mol. The molecule has 0 fully saturated rings. The van der Waals surface area contributed by atoms with Crippen LogP contribution in [0, 0.1) is 0 Å². The Morgan fingerprint density at radius 3 is 1.49 bits per heavy atom. The number of aromatic nitrogens is 4. The Kier molecular flexibility index (Phi) is 4.32. The quantitative estimate of drug-likeness (QED) is 0.164. The van der Waals surface area contributed by atoms with Gasteiger partial charge >= 0.3 is 0 Å². The largest absolute Gasteiger partial charge is 0.308 e. The Bertz CT molecular complexity index is 4040. The molecule has 55 heavy (non-hydrogen) atoms. The number of hydrogen-bond acceptors (Lipinski definition) is 3. The van der Waals surface area contributed by atoms with Gasteiger partial charge in [0.15, 0.2) is 17.5 Å². The molecule has 2 heterocycles. The first-order chi connectivity index (χ1) is 36.0. The van der Waals surface area contributed by atoms with Crippen LogP contribution in [0.1, 0.15) is 28.8 Å². The van der Waals surface area contributed by atoms with Crippen LogP contribution in [0.4, 0.5) is 0 Å². The van der Waals surface area contributed by atoms with Crippen LogP contribution in [0.3, 0.4) is 0 Å². The predicted octanol–water partition coefficient (Wildman–Crippen LogP) is 13.0. The summed E-state index contributed by atoms with van der Waals surface area (Å²) in [6.45, 7) is 0. The van der Waals surface area contributed by atoms with Gasteiger partial charge in [0, 0.05) is 33.0 Å². The molecule has 4 nitrogen and oxygen atoms in total. The lowest BCUT2D eigenvalue weighted by atomic mass is 9.96. The smallest absolute Gasteiger partial charge is 0.166 e. The van der Waals surface area contributed by atoms with Crippen LogP contribution < -0.4 is 0 Å². The first-order valence-electron chi connectivity index (χ1n) is 27.3. The van der Waals surface area contributed by atoms with Gasteiger partial charge in [-0.15, -0.1) is 0 Å². The molecular formula is C51H34N4. The Morgan fingerprint density at radius 1 is 0.345 bits per heavy atom. The third-order valence-corrected chi connectivity index (χ3v) is 8.75. The molecule has 0 aliphatic carbocycles. The fraction of sp³-hybridized carbons (Fsp3) is 0. The highest BCUT2D eigenvalue weighted by molar-refractivity contribution is 6.11. The normalized spacial score (nSPS) is 16.6. The van der Waals surface area contributed by atoms with Gasteiger partial charge in [-0.25, -0.2) is 15.0 Å². The fourth-order valence-corrected chi connectivity index (χ4v) is 6.28. The average Bonchev–Trinajstić information content (AvgIpc) is 3.89. The van der Waals surface area contributed by atoms with E-state index >= 15 is 0 Å². The van der Waals surface area contributed by atoms with Crippen molar-refractivity contribution in [2.45, 2.75) is 0 Å². The highest BCUT2D eigenvalue weighted by Gasteiger charge is 2.23. The molecule has 0 radical (unpaired) electrons. The van der Waals surface area contributed by atoms with Crippen molar-refractivity contribution in [3.05, 3.63) is 206 Å². The van der Waals surface area contributed by atoms with E-state index in [0.29, 0.717) is 11.1 Å². The minimum atomic E-state index is -0.862. The lowest BCUT2D eigenvalue weighted by molar-refractivity contribution is 1.06. The van der Waals surface area contributed by atoms with E-state index in [9.17, 15) is 12.3 Å². The molecule has 0 saturated carbocycles. The molecule has 10 aromatic rings. The monoisotopic (exact) mass is 723 g/mol. The van der Waals surface area contributed by atoms with Gasteiger partial charge in [0.25, 0.3) is 0 Å². The summed E-state index contributed by atoms with van der Waals surface area (Å²) in [6, 6.07) is 4.88. The second-order valence-electron chi connectivity index (χ2n) is 12.0. The molecule has 0 N–H and O–H groups in total. The van der Waals surface area contributed by atoms with Gasteiger partial charge in [-0.3, -0.25) is 0 Å². The van der Waals surface area contributed by atoms with Crippen LogP contribution in [0.25, 0.3) is 95.0 Å². The molecule has 0 unspecified atom stereocenters. The zero-order chi connectivity index (χ0) is 54.8. The Morgan fingerprint density at radius 2 is 0.836 bits per heavy atom. The van der Waals surface area contributed by atoms with Crippen LogP contribution in [0.15, 0.2) is 206 Å². The molecule has 0 bridgehead atoms. The maximum Gasteiger partial charge on any atom is 0.166 e. The van der Waals surface area contributed by atoms with Gasteiger partial charge in [0.05, 0.1) is 45.5 Å². The van der Waals surface area contributed by atoms with Gasteiger partial charge in [-0.05, 0) is 52.0 Å². The molecule has 0 amide bonds. The van der Waals surface area contributed by atoms with E-state index in [2.05, 4.69) is 0 Å². The standard InChI is InChI=1S/C51H34N4/c1-5-16-35(17-6-1)37-28-30-38(31-29-37)42-25-15-26-44(51-53-49(39-20-9-3-10-21-39)52-50(54-51)40-22-11-4-12-23-40)48(42)55-46-27-14-13-24-43(46)45-34-41(32-33-47(45)55)36-18-7-2-8-19-36/h1-34H/i1D,2D,5D,6D,7D,8D,13D,14D,16D,17D,18D,19D,24D,27D,28D,29D,30D,31D,32D,33D,34D. The minimum absolute atomic E-state index is 0.0563. The Labute approximate surface area is 349 Å². The van der Waals surface area contributed by atoms with Gasteiger partial charge in [-0.1, -0.05) is 182 Å². The topological polar surface area (TPSA) is 43.6 Å². The molecule has 0 saturated heterocycles. The zero-order valence-corrected chi connectivity index (χ0v) is 28.3. The number of nitrogens with zero attached hydrogens (tertiary/aromatic N) is 4. The number of fused-ring (bicyclic) bond motifs is 3. The molecular weight excluding hydrogens is 669 g/mol. The van der Waals surface area contributed by atoms with Crippen LogP contribution >= 0.6 is 0 Å². The first kappa shape index (κ1) is 17.1. The third kappa shape index (κ3) is 5.96. The molecule has 258 valence electrons. The van der Waals surface area contributed by atoms with Crippen LogP contribution in [-0.2, 0) is 0 Å². The SMILES string of the molecule is [2H]c1c([2H])c([2H])c(-c2c([2H])c([2H])c(-c3cccc(-c4nc(-c5ccccc5)nc(-c5ccccc5)n4)c3-n3c4c([2H])c([2H])c([2H])c([2H])c4c4c([2H])c(-c5c([2H])c([2H])c([2H])c([2H])c5[2H])c([2H])c([2H])c43)c([2H])c2[2H])c([2H])c1[2H]. The van der Waals surface area contributed by atoms with Gasteiger partial charge in [0.1, 0.15) is 0 Å². The maximum atomic E-state index is 9.83. The highest BCUT2D eigenvalue weighted by Crippen LogP contribution is 2.42. The maximum absolute atomic E-state index is 9.83. The van der Waals surface area contributed by atoms with E-state index in [0.717, 1.165) is 4.57 Å². The summed E-state index contributed by atoms with van der Waals surface area (Å²) < 4.78 is 190. The molecule has 8 aromatic carbocycles. The molecule has 10 rings (SSSR count).